The van der Waals surface area contributed by atoms with Gasteiger partial charge in [-0.25, -0.2) is 4.99 Å². The molecule has 0 amide bonds. The van der Waals surface area contributed by atoms with Gasteiger partial charge < -0.3 is 15.2 Å². The van der Waals surface area contributed by atoms with Crippen molar-refractivity contribution in [3.8, 4) is 0 Å². The van der Waals surface area contributed by atoms with Crippen molar-refractivity contribution in [3.63, 3.8) is 0 Å². The number of nitrogens with zero attached hydrogens (tertiary/aromatic N) is 5. The highest BCUT2D eigenvalue weighted by atomic mass is 127. The van der Waals surface area contributed by atoms with Crippen molar-refractivity contribution >= 4 is 41.3 Å². The Morgan fingerprint density at radius 3 is 2.74 bits per heavy atom. The van der Waals surface area contributed by atoms with Crippen molar-refractivity contribution in [2.45, 2.75) is 26.4 Å². The molecule has 0 saturated heterocycles. The second-order valence-corrected chi connectivity index (χ2v) is 6.85. The van der Waals surface area contributed by atoms with Gasteiger partial charge in [0.05, 0.1) is 6.54 Å². The number of thiophene rings is 1. The van der Waals surface area contributed by atoms with Gasteiger partial charge in [0, 0.05) is 36.8 Å². The quantitative estimate of drug-likeness (QED) is 0.298. The topological polar surface area (TPSA) is 80.0 Å². The molecule has 0 aliphatic carbocycles. The zero-order chi connectivity index (χ0) is 18.2. The zero-order valence-corrected chi connectivity index (χ0v) is 18.6. The van der Waals surface area contributed by atoms with Crippen LogP contribution in [0.1, 0.15) is 22.2 Å². The third kappa shape index (κ3) is 6.58. The number of hydrogen-bond acceptors (Lipinski definition) is 5. The molecule has 0 aromatic carbocycles. The van der Waals surface area contributed by atoms with Crippen LogP contribution in [0, 0.1) is 6.92 Å². The molecule has 3 heterocycles. The van der Waals surface area contributed by atoms with Gasteiger partial charge in [0.25, 0.3) is 0 Å². The van der Waals surface area contributed by atoms with Gasteiger partial charge in [-0.2, -0.15) is 0 Å². The molecular weight excluding hydrogens is 473 g/mol. The standard InChI is InChI=1S/C18H23N7S.HI/c1-14-23-24-17(25(14)2)13-22-18(21-12-16-7-5-11-26-16)20-10-8-15-6-3-4-9-19-15;/h3-7,9,11H,8,10,12-13H2,1-2H3,(H2,20,21,22);1H. The van der Waals surface area contributed by atoms with Crippen molar-refractivity contribution in [1.29, 1.82) is 0 Å². The molecule has 3 aromatic rings. The molecule has 0 bridgehead atoms. The molecule has 0 aliphatic rings. The molecular formula is C18H24IN7S. The zero-order valence-electron chi connectivity index (χ0n) is 15.4. The molecule has 144 valence electrons. The predicted octanol–water partition coefficient (Wildman–Crippen LogP) is 2.68. The largest absolute Gasteiger partial charge is 0.356 e. The van der Waals surface area contributed by atoms with Crippen molar-refractivity contribution in [2.75, 3.05) is 6.54 Å². The van der Waals surface area contributed by atoms with Crippen LogP contribution in [-0.2, 0) is 26.6 Å². The van der Waals surface area contributed by atoms with E-state index in [9.17, 15) is 0 Å². The van der Waals surface area contributed by atoms with E-state index in [1.165, 1.54) is 4.88 Å². The van der Waals surface area contributed by atoms with Crippen LogP contribution in [0.5, 0.6) is 0 Å². The maximum Gasteiger partial charge on any atom is 0.192 e. The van der Waals surface area contributed by atoms with E-state index in [0.29, 0.717) is 6.54 Å². The maximum absolute atomic E-state index is 4.65. The summed E-state index contributed by atoms with van der Waals surface area (Å²) in [6.07, 6.45) is 2.65. The van der Waals surface area contributed by atoms with Gasteiger partial charge in [0.2, 0.25) is 0 Å². The lowest BCUT2D eigenvalue weighted by Crippen LogP contribution is -2.38. The molecule has 3 rings (SSSR count). The molecule has 0 spiro atoms. The average Bonchev–Trinajstić information content (AvgIpc) is 3.29. The molecule has 27 heavy (non-hydrogen) atoms. The molecule has 0 unspecified atom stereocenters. The Morgan fingerprint density at radius 2 is 2.07 bits per heavy atom. The summed E-state index contributed by atoms with van der Waals surface area (Å²) < 4.78 is 1.95. The molecule has 3 aromatic heterocycles. The first-order valence-electron chi connectivity index (χ1n) is 8.51. The van der Waals surface area contributed by atoms with Gasteiger partial charge in [-0.15, -0.1) is 45.5 Å². The molecule has 0 saturated carbocycles. The monoisotopic (exact) mass is 497 g/mol. The SMILES string of the molecule is Cc1nnc(CN=C(NCCc2ccccn2)NCc2cccs2)n1C.I. The molecule has 9 heteroatoms. The highest BCUT2D eigenvalue weighted by Crippen LogP contribution is 2.07. The first kappa shape index (κ1) is 21.3. The number of pyridine rings is 1. The van der Waals surface area contributed by atoms with Gasteiger partial charge in [0.1, 0.15) is 12.4 Å². The number of aromatic nitrogens is 4. The van der Waals surface area contributed by atoms with Crippen LogP contribution < -0.4 is 10.6 Å². The Bertz CT molecular complexity index is 831. The van der Waals surface area contributed by atoms with E-state index in [0.717, 1.165) is 42.8 Å². The summed E-state index contributed by atoms with van der Waals surface area (Å²) in [5.41, 5.74) is 1.06. The van der Waals surface area contributed by atoms with Gasteiger partial charge >= 0.3 is 0 Å². The highest BCUT2D eigenvalue weighted by Gasteiger charge is 2.06. The number of halogens is 1. The number of nitrogens with one attached hydrogen (secondary N) is 2. The molecule has 0 atom stereocenters. The summed E-state index contributed by atoms with van der Waals surface area (Å²) in [5.74, 6) is 2.48. The van der Waals surface area contributed by atoms with Crippen LogP contribution in [0.4, 0.5) is 0 Å². The van der Waals surface area contributed by atoms with E-state index in [1.54, 1.807) is 11.3 Å². The lowest BCUT2D eigenvalue weighted by atomic mass is 10.3. The fourth-order valence-corrected chi connectivity index (χ4v) is 3.00. The van der Waals surface area contributed by atoms with E-state index in [-0.39, 0.29) is 24.0 Å². The minimum absolute atomic E-state index is 0. The van der Waals surface area contributed by atoms with E-state index in [2.05, 4.69) is 48.3 Å². The second-order valence-electron chi connectivity index (χ2n) is 5.82. The minimum Gasteiger partial charge on any atom is -0.356 e. The van der Waals surface area contributed by atoms with Crippen LogP contribution in [-0.4, -0.2) is 32.3 Å². The minimum atomic E-state index is 0. The smallest absolute Gasteiger partial charge is 0.192 e. The van der Waals surface area contributed by atoms with Gasteiger partial charge in [-0.05, 0) is 30.5 Å². The second kappa shape index (κ2) is 11.0. The van der Waals surface area contributed by atoms with Crippen LogP contribution in [0.2, 0.25) is 0 Å². The first-order valence-corrected chi connectivity index (χ1v) is 9.39. The van der Waals surface area contributed by atoms with Crippen molar-refractivity contribution < 1.29 is 0 Å². The van der Waals surface area contributed by atoms with Crippen LogP contribution in [0.25, 0.3) is 0 Å². The Balaban J connectivity index is 0.00000261. The molecule has 0 radical (unpaired) electrons. The number of guanidine groups is 1. The van der Waals surface area contributed by atoms with E-state index < -0.39 is 0 Å². The number of rotatable bonds is 7. The molecule has 2 N–H and O–H groups in total. The van der Waals surface area contributed by atoms with Crippen molar-refractivity contribution in [1.82, 2.24) is 30.4 Å². The molecule has 0 aliphatic heterocycles. The Kier molecular flexibility index (Phi) is 8.65. The van der Waals surface area contributed by atoms with Crippen molar-refractivity contribution in [3.05, 3.63) is 64.1 Å². The van der Waals surface area contributed by atoms with E-state index in [1.807, 2.05) is 42.9 Å². The summed E-state index contributed by atoms with van der Waals surface area (Å²) >= 11 is 1.72. The number of aryl methyl sites for hydroxylation is 1. The van der Waals surface area contributed by atoms with Gasteiger partial charge in [0.15, 0.2) is 11.8 Å². The molecule has 7 nitrogen and oxygen atoms in total. The lowest BCUT2D eigenvalue weighted by molar-refractivity contribution is 0.747. The third-order valence-corrected chi connectivity index (χ3v) is 4.85. The van der Waals surface area contributed by atoms with E-state index >= 15 is 0 Å². The summed E-state index contributed by atoms with van der Waals surface area (Å²) in [6.45, 7) is 3.90. The third-order valence-electron chi connectivity index (χ3n) is 3.97. The Hall–Kier alpha value is -2.01. The highest BCUT2D eigenvalue weighted by molar-refractivity contribution is 14.0. The van der Waals surface area contributed by atoms with Crippen molar-refractivity contribution in [2.24, 2.45) is 12.0 Å². The van der Waals surface area contributed by atoms with Gasteiger partial charge in [-0.1, -0.05) is 12.1 Å². The number of hydrogen-bond donors (Lipinski definition) is 2. The Labute approximate surface area is 180 Å². The summed E-state index contributed by atoms with van der Waals surface area (Å²) in [7, 11) is 1.95. The molecule has 0 fully saturated rings. The van der Waals surface area contributed by atoms with Crippen LogP contribution >= 0.6 is 35.3 Å². The summed E-state index contributed by atoms with van der Waals surface area (Å²) in [6, 6.07) is 10.1. The maximum atomic E-state index is 4.65. The fourth-order valence-electron chi connectivity index (χ4n) is 2.35. The lowest BCUT2D eigenvalue weighted by Gasteiger charge is -2.12. The summed E-state index contributed by atoms with van der Waals surface area (Å²) in [5, 5.41) is 17.1. The fraction of sp³-hybridized carbons (Fsp3) is 0.333. The first-order chi connectivity index (χ1) is 12.7. The van der Waals surface area contributed by atoms with Gasteiger partial charge in [-0.3, -0.25) is 4.98 Å². The average molecular weight is 497 g/mol. The summed E-state index contributed by atoms with van der Waals surface area (Å²) in [4.78, 5) is 10.3. The predicted molar refractivity (Wildman–Crippen MR) is 119 cm³/mol. The van der Waals surface area contributed by atoms with Crippen LogP contribution in [0.15, 0.2) is 46.9 Å². The van der Waals surface area contributed by atoms with E-state index in [4.69, 9.17) is 0 Å². The normalized spacial score (nSPS) is 11.1. The van der Waals surface area contributed by atoms with Crippen LogP contribution in [0.3, 0.4) is 0 Å². The Morgan fingerprint density at radius 1 is 1.19 bits per heavy atom. The number of aliphatic imine (C=N–C) groups is 1.